The molecule has 0 radical (unpaired) electrons. The maximum Gasteiger partial charge on any atom is 0.311 e. The number of hydrogen-bond donors (Lipinski definition) is 7. The van der Waals surface area contributed by atoms with Crippen LogP contribution in [0, 0.1) is 10.8 Å². The number of nitrogens with one attached hydrogen (secondary N) is 1. The van der Waals surface area contributed by atoms with Crippen molar-refractivity contribution in [3.8, 4) is 22.3 Å². The molecule has 0 saturated carbocycles. The van der Waals surface area contributed by atoms with Gasteiger partial charge in [0.05, 0.1) is 24.0 Å². The number of hydrogen-bond acceptors (Lipinski definition) is 8. The molecular weight excluding hydrogens is 751 g/mol. The summed E-state index contributed by atoms with van der Waals surface area (Å²) in [6.45, 7) is 1.66. The Bertz CT molecular complexity index is 1870. The molecule has 0 fully saturated rings. The molecule has 0 aromatic heterocycles. The van der Waals surface area contributed by atoms with E-state index >= 15 is 0 Å². The SMILES string of the molecule is C[C@@](CO)(C[C@@H](Cc1ccc(-c2cccc(Cl)c2)cc1)NC(=O)C=O)C(=O)O.C[C@@](CO)(C[C@H](N)Cc1ccc(-c2cccc(Cl)c2)cc1)C(=O)O.O=CO. The average Bonchev–Trinajstić information content (AvgIpc) is 3.15. The van der Waals surface area contributed by atoms with E-state index in [4.69, 9.17) is 38.8 Å². The summed E-state index contributed by atoms with van der Waals surface area (Å²) in [7, 11) is 0. The molecule has 4 aromatic rings. The maximum atomic E-state index is 11.5. The highest BCUT2D eigenvalue weighted by atomic mass is 35.5. The zero-order valence-corrected chi connectivity index (χ0v) is 31.9. The molecule has 0 aliphatic carbocycles. The summed E-state index contributed by atoms with van der Waals surface area (Å²) in [6.07, 6.45) is 1.21. The summed E-state index contributed by atoms with van der Waals surface area (Å²) in [4.78, 5) is 53.3. The zero-order chi connectivity index (χ0) is 41.2. The largest absolute Gasteiger partial charge is 0.483 e. The fraction of sp³-hybridized carbons (Fsp3) is 0.293. The van der Waals surface area contributed by atoms with Crippen molar-refractivity contribution in [1.82, 2.24) is 5.32 Å². The third-order valence-corrected chi connectivity index (χ3v) is 9.27. The van der Waals surface area contributed by atoms with Gasteiger partial charge in [0.15, 0.2) is 0 Å². The Kier molecular flexibility index (Phi) is 18.7. The number of carboxylic acid groups (broad SMARTS) is 3. The zero-order valence-electron chi connectivity index (χ0n) is 30.4. The number of halogens is 2. The lowest BCUT2D eigenvalue weighted by atomic mass is 9.82. The average molecular weight is 798 g/mol. The molecule has 0 heterocycles. The van der Waals surface area contributed by atoms with Crippen molar-refractivity contribution in [3.05, 3.63) is 118 Å². The summed E-state index contributed by atoms with van der Waals surface area (Å²) in [5.41, 5.74) is 9.35. The Morgan fingerprint density at radius 3 is 1.45 bits per heavy atom. The number of carbonyl (C=O) groups is 5. The van der Waals surface area contributed by atoms with E-state index in [2.05, 4.69) is 5.32 Å². The van der Waals surface area contributed by atoms with Gasteiger partial charge in [-0.1, -0.05) is 96.0 Å². The monoisotopic (exact) mass is 796 g/mol. The van der Waals surface area contributed by atoms with Crippen LogP contribution >= 0.6 is 23.2 Å². The van der Waals surface area contributed by atoms with Gasteiger partial charge in [-0.05, 0) is 97.2 Å². The molecule has 0 aliphatic rings. The molecule has 0 unspecified atom stereocenters. The third-order valence-electron chi connectivity index (χ3n) is 8.80. The van der Waals surface area contributed by atoms with E-state index in [-0.39, 0.29) is 31.6 Å². The summed E-state index contributed by atoms with van der Waals surface area (Å²) in [5.74, 6) is -3.03. The fourth-order valence-electron chi connectivity index (χ4n) is 5.63. The topological polar surface area (TPSA) is 225 Å². The van der Waals surface area contributed by atoms with Gasteiger partial charge in [0.2, 0.25) is 6.29 Å². The Morgan fingerprint density at radius 2 is 1.09 bits per heavy atom. The first-order chi connectivity index (χ1) is 26.0. The van der Waals surface area contributed by atoms with Crippen molar-refractivity contribution in [1.29, 1.82) is 0 Å². The van der Waals surface area contributed by atoms with Gasteiger partial charge in [0.25, 0.3) is 12.4 Å². The highest BCUT2D eigenvalue weighted by Gasteiger charge is 2.36. The minimum atomic E-state index is -1.43. The maximum absolute atomic E-state index is 11.5. The second kappa shape index (κ2) is 22.3. The van der Waals surface area contributed by atoms with Gasteiger partial charge in [-0.15, -0.1) is 0 Å². The normalized spacial score (nSPS) is 13.8. The van der Waals surface area contributed by atoms with Crippen LogP contribution in [0.2, 0.25) is 10.0 Å². The van der Waals surface area contributed by atoms with Crippen molar-refractivity contribution in [2.24, 2.45) is 16.6 Å². The Labute approximate surface area is 329 Å². The molecule has 55 heavy (non-hydrogen) atoms. The molecule has 0 bridgehead atoms. The molecule has 4 rings (SSSR count). The molecule has 8 N–H and O–H groups in total. The number of carboxylic acids is 2. The summed E-state index contributed by atoms with van der Waals surface area (Å²) in [6, 6.07) is 29.6. The summed E-state index contributed by atoms with van der Waals surface area (Å²) < 4.78 is 0. The van der Waals surface area contributed by atoms with Crippen molar-refractivity contribution >= 4 is 53.8 Å². The third kappa shape index (κ3) is 14.9. The van der Waals surface area contributed by atoms with Crippen LogP contribution < -0.4 is 11.1 Å². The lowest BCUT2D eigenvalue weighted by Gasteiger charge is -2.28. The van der Waals surface area contributed by atoms with Gasteiger partial charge in [-0.3, -0.25) is 24.0 Å². The predicted molar refractivity (Wildman–Crippen MR) is 211 cm³/mol. The number of nitrogens with two attached hydrogens (primary N) is 1. The van der Waals surface area contributed by atoms with Crippen LogP contribution in [-0.4, -0.2) is 81.4 Å². The minimum Gasteiger partial charge on any atom is -0.483 e. The van der Waals surface area contributed by atoms with Gasteiger partial charge in [-0.25, -0.2) is 0 Å². The number of carbonyl (C=O) groups excluding carboxylic acids is 2. The lowest BCUT2D eigenvalue weighted by Crippen LogP contribution is -2.44. The van der Waals surface area contributed by atoms with E-state index in [1.54, 1.807) is 6.07 Å². The van der Waals surface area contributed by atoms with Crippen molar-refractivity contribution in [2.75, 3.05) is 13.2 Å². The van der Waals surface area contributed by atoms with Crippen LogP contribution in [0.1, 0.15) is 37.8 Å². The van der Waals surface area contributed by atoms with Crippen molar-refractivity contribution in [3.63, 3.8) is 0 Å². The highest BCUT2D eigenvalue weighted by Crippen LogP contribution is 2.28. The first-order valence-corrected chi connectivity index (χ1v) is 17.8. The van der Waals surface area contributed by atoms with E-state index in [1.807, 2.05) is 91.0 Å². The van der Waals surface area contributed by atoms with Gasteiger partial charge >= 0.3 is 11.9 Å². The Morgan fingerprint density at radius 1 is 0.691 bits per heavy atom. The number of aliphatic carboxylic acids is 2. The van der Waals surface area contributed by atoms with E-state index in [0.29, 0.717) is 22.9 Å². The number of rotatable bonds is 16. The highest BCUT2D eigenvalue weighted by molar-refractivity contribution is 6.31. The molecule has 0 spiro atoms. The second-order valence-electron chi connectivity index (χ2n) is 13.5. The molecule has 4 atom stereocenters. The predicted octanol–water partition coefficient (Wildman–Crippen LogP) is 5.76. The Balaban J connectivity index is 0.000000358. The molecule has 0 aliphatic heterocycles. The van der Waals surface area contributed by atoms with Crippen LogP contribution in [0.3, 0.4) is 0 Å². The van der Waals surface area contributed by atoms with Gasteiger partial charge in [0.1, 0.15) is 0 Å². The molecule has 0 saturated heterocycles. The van der Waals surface area contributed by atoms with Gasteiger partial charge in [0, 0.05) is 22.1 Å². The molecular formula is C41H46Cl2N2O10. The number of aliphatic hydroxyl groups is 2. The van der Waals surface area contributed by atoms with Crippen molar-refractivity contribution < 1.29 is 49.5 Å². The Hall–Kier alpha value is -5.11. The molecule has 1 amide bonds. The smallest absolute Gasteiger partial charge is 0.311 e. The van der Waals surface area contributed by atoms with Crippen LogP contribution in [-0.2, 0) is 36.8 Å². The first kappa shape index (κ1) is 46.0. The van der Waals surface area contributed by atoms with E-state index in [9.17, 15) is 39.6 Å². The fourth-order valence-corrected chi connectivity index (χ4v) is 6.01. The number of aliphatic hydroxyl groups excluding tert-OH is 2. The van der Waals surface area contributed by atoms with Crippen LogP contribution in [0.25, 0.3) is 22.3 Å². The summed E-state index contributed by atoms with van der Waals surface area (Å²) in [5, 5.41) is 48.1. The number of benzene rings is 4. The quantitative estimate of drug-likeness (QED) is 0.0533. The van der Waals surface area contributed by atoms with Crippen LogP contribution in [0.15, 0.2) is 97.1 Å². The van der Waals surface area contributed by atoms with Gasteiger partial charge in [-0.2, -0.15) is 0 Å². The van der Waals surface area contributed by atoms with E-state index in [0.717, 1.165) is 33.4 Å². The molecule has 4 aromatic carbocycles. The molecule has 14 heteroatoms. The van der Waals surface area contributed by atoms with Crippen molar-refractivity contribution in [2.45, 2.75) is 51.6 Å². The summed E-state index contributed by atoms with van der Waals surface area (Å²) >= 11 is 12.0. The lowest BCUT2D eigenvalue weighted by molar-refractivity contribution is -0.152. The van der Waals surface area contributed by atoms with Gasteiger partial charge < -0.3 is 36.6 Å². The van der Waals surface area contributed by atoms with Crippen LogP contribution in [0.5, 0.6) is 0 Å². The first-order valence-electron chi connectivity index (χ1n) is 17.0. The standard InChI is InChI=1S/C21H22ClNO5.C19H22ClNO3.CH2O2/c1-21(13-25,20(27)28)11-18(23-19(26)12-24)9-14-5-7-15(8-6-14)16-3-2-4-17(22)10-16;1-19(12-22,18(23)24)11-17(21)9-13-5-7-14(8-6-13)15-3-2-4-16(20)10-15;2-1-3/h2-8,10,12,18,25H,9,11,13H2,1H3,(H,23,26)(H,27,28);2-8,10,17,22H,9,11-12,21H2,1H3,(H,23,24);1H,(H,2,3)/t18-,21+;17-,19+;/m11./s1. The second-order valence-corrected chi connectivity index (χ2v) is 14.3. The van der Waals surface area contributed by atoms with E-state index < -0.39 is 47.9 Å². The minimum absolute atomic E-state index is 0.0194. The molecule has 12 nitrogen and oxygen atoms in total. The van der Waals surface area contributed by atoms with Crippen LogP contribution in [0.4, 0.5) is 0 Å². The number of aldehydes is 1. The van der Waals surface area contributed by atoms with E-state index in [1.165, 1.54) is 13.8 Å². The molecule has 294 valence electrons. The number of amides is 1.